The van der Waals surface area contributed by atoms with E-state index in [1.807, 2.05) is 24.3 Å². The lowest BCUT2D eigenvalue weighted by Gasteiger charge is -2.25. The molecule has 34 heavy (non-hydrogen) atoms. The van der Waals surface area contributed by atoms with Crippen molar-refractivity contribution in [3.63, 3.8) is 0 Å². The van der Waals surface area contributed by atoms with E-state index in [1.54, 1.807) is 0 Å². The number of carbonyl (C=O) groups excluding carboxylic acids is 2. The fourth-order valence-corrected chi connectivity index (χ4v) is 4.59. The molecule has 2 aromatic rings. The van der Waals surface area contributed by atoms with Crippen LogP contribution in [0.25, 0.3) is 11.1 Å². The minimum absolute atomic E-state index is 0.0321. The van der Waals surface area contributed by atoms with Gasteiger partial charge in [-0.2, -0.15) is 0 Å². The average Bonchev–Trinajstić information content (AvgIpc) is 3.63. The van der Waals surface area contributed by atoms with Crippen LogP contribution in [-0.4, -0.2) is 53.5 Å². The van der Waals surface area contributed by atoms with Crippen LogP contribution in [0.1, 0.15) is 43.2 Å². The van der Waals surface area contributed by atoms with Gasteiger partial charge in [-0.3, -0.25) is 4.79 Å². The van der Waals surface area contributed by atoms with Crippen LogP contribution in [0.15, 0.2) is 48.5 Å². The summed E-state index contributed by atoms with van der Waals surface area (Å²) in [5.74, 6) is -1.63. The molecule has 2 amide bonds. The van der Waals surface area contributed by atoms with Gasteiger partial charge in [0.25, 0.3) is 0 Å². The van der Waals surface area contributed by atoms with Crippen molar-refractivity contribution in [1.29, 1.82) is 0 Å². The van der Waals surface area contributed by atoms with Crippen molar-refractivity contribution in [2.75, 3.05) is 19.8 Å². The second kappa shape index (κ2) is 9.85. The van der Waals surface area contributed by atoms with E-state index in [1.165, 1.54) is 6.92 Å². The van der Waals surface area contributed by atoms with Gasteiger partial charge < -0.3 is 25.6 Å². The minimum atomic E-state index is -1.73. The predicted molar refractivity (Wildman–Crippen MR) is 125 cm³/mol. The summed E-state index contributed by atoms with van der Waals surface area (Å²) in [5, 5.41) is 23.7. The van der Waals surface area contributed by atoms with Gasteiger partial charge in [0.05, 0.1) is 6.61 Å². The van der Waals surface area contributed by atoms with Crippen LogP contribution in [0.2, 0.25) is 0 Å². The lowest BCUT2D eigenvalue weighted by atomic mass is 9.97. The number of ether oxygens (including phenoxy) is 1. The van der Waals surface area contributed by atoms with Crippen molar-refractivity contribution < 1.29 is 29.3 Å². The van der Waals surface area contributed by atoms with Crippen molar-refractivity contribution in [2.45, 2.75) is 37.6 Å². The van der Waals surface area contributed by atoms with Crippen molar-refractivity contribution in [1.82, 2.24) is 10.6 Å². The Balaban J connectivity index is 1.31. The van der Waals surface area contributed by atoms with Gasteiger partial charge in [0, 0.05) is 18.9 Å². The summed E-state index contributed by atoms with van der Waals surface area (Å²) in [6.45, 7) is 1.02. The molecule has 8 heteroatoms. The number of benzene rings is 2. The molecule has 2 aliphatic rings. The number of carboxylic acids is 1. The maximum Gasteiger partial charge on any atom is 0.407 e. The molecule has 2 aliphatic carbocycles. The van der Waals surface area contributed by atoms with Gasteiger partial charge in [-0.25, -0.2) is 9.59 Å². The van der Waals surface area contributed by atoms with E-state index in [9.17, 15) is 24.6 Å². The van der Waals surface area contributed by atoms with Crippen LogP contribution in [0.5, 0.6) is 0 Å². The van der Waals surface area contributed by atoms with Crippen LogP contribution in [-0.2, 0) is 14.3 Å². The lowest BCUT2D eigenvalue weighted by molar-refractivity contribution is -0.148. The Morgan fingerprint density at radius 1 is 1.06 bits per heavy atom. The van der Waals surface area contributed by atoms with E-state index in [0.717, 1.165) is 35.1 Å². The zero-order valence-electron chi connectivity index (χ0n) is 19.1. The third kappa shape index (κ3) is 5.07. The van der Waals surface area contributed by atoms with Gasteiger partial charge in [0.2, 0.25) is 5.91 Å². The number of carboxylic acid groups (broad SMARTS) is 1. The predicted octanol–water partition coefficient (Wildman–Crippen LogP) is 2.89. The van der Waals surface area contributed by atoms with Crippen LogP contribution >= 0.6 is 0 Å². The zero-order valence-corrected chi connectivity index (χ0v) is 19.1. The van der Waals surface area contributed by atoms with Crippen LogP contribution < -0.4 is 10.6 Å². The molecule has 2 atom stereocenters. The fraction of sp³-hybridized carbons (Fsp3) is 0.423. The molecule has 0 bridgehead atoms. The molecule has 1 saturated carbocycles. The highest BCUT2D eigenvalue weighted by Gasteiger charge is 2.37. The lowest BCUT2D eigenvalue weighted by Crippen LogP contribution is -2.55. The van der Waals surface area contributed by atoms with Crippen molar-refractivity contribution in [3.05, 3.63) is 59.7 Å². The fourth-order valence-electron chi connectivity index (χ4n) is 4.59. The van der Waals surface area contributed by atoms with E-state index in [-0.39, 0.29) is 31.4 Å². The first kappa shape index (κ1) is 23.8. The Kier molecular flexibility index (Phi) is 6.88. The molecule has 0 spiro atoms. The maximum atomic E-state index is 12.5. The first-order chi connectivity index (χ1) is 16.3. The highest BCUT2D eigenvalue weighted by molar-refractivity contribution is 5.87. The topological polar surface area (TPSA) is 125 Å². The Hall–Kier alpha value is -3.39. The summed E-state index contributed by atoms with van der Waals surface area (Å²) < 4.78 is 5.56. The van der Waals surface area contributed by atoms with Gasteiger partial charge in [-0.05, 0) is 53.9 Å². The molecule has 4 N–H and O–H groups in total. The first-order valence-corrected chi connectivity index (χ1v) is 11.6. The molecule has 0 aliphatic heterocycles. The highest BCUT2D eigenvalue weighted by Crippen LogP contribution is 2.44. The summed E-state index contributed by atoms with van der Waals surface area (Å²) in [6.07, 6.45) is 1.44. The molecule has 0 aromatic heterocycles. The number of amides is 2. The number of alkyl carbamates (subject to hydrolysis) is 1. The number of aliphatic hydroxyl groups is 1. The smallest absolute Gasteiger partial charge is 0.407 e. The summed E-state index contributed by atoms with van der Waals surface area (Å²) in [6, 6.07) is 16.2. The van der Waals surface area contributed by atoms with Gasteiger partial charge in [0.15, 0.2) is 5.54 Å². The second-order valence-corrected chi connectivity index (χ2v) is 9.35. The molecule has 4 rings (SSSR count). The molecule has 2 unspecified atom stereocenters. The van der Waals surface area contributed by atoms with Crippen LogP contribution in [0, 0.1) is 11.8 Å². The molecule has 8 nitrogen and oxygen atoms in total. The number of fused-ring (bicyclic) bond motifs is 3. The summed E-state index contributed by atoms with van der Waals surface area (Å²) in [5.41, 5.74) is 2.85. The Labute approximate surface area is 198 Å². The number of aliphatic hydroxyl groups excluding tert-OH is 1. The molecule has 0 saturated heterocycles. The number of aliphatic carboxylic acids is 1. The molecule has 0 heterocycles. The first-order valence-electron chi connectivity index (χ1n) is 11.6. The largest absolute Gasteiger partial charge is 0.479 e. The van der Waals surface area contributed by atoms with E-state index < -0.39 is 30.1 Å². The maximum absolute atomic E-state index is 12.5. The van der Waals surface area contributed by atoms with E-state index in [4.69, 9.17) is 4.74 Å². The standard InChI is InChI=1S/C26H30N2O6/c1-26(15-29,24(31)32)28-23(30)12-17(16-10-11-16)13-27-25(33)34-14-22-20-8-4-2-6-18(20)19-7-3-5-9-21(19)22/h2-9,16-17,22,29H,10-15H2,1H3,(H,27,33)(H,28,30)(H,31,32). The summed E-state index contributed by atoms with van der Waals surface area (Å²) in [4.78, 5) is 36.2. The van der Waals surface area contributed by atoms with Crippen molar-refractivity contribution in [2.24, 2.45) is 11.8 Å². The number of carbonyl (C=O) groups is 3. The second-order valence-electron chi connectivity index (χ2n) is 9.35. The molecular weight excluding hydrogens is 436 g/mol. The minimum Gasteiger partial charge on any atom is -0.479 e. The molecule has 2 aromatic carbocycles. The summed E-state index contributed by atoms with van der Waals surface area (Å²) >= 11 is 0. The number of rotatable bonds is 10. The molecule has 0 radical (unpaired) electrons. The van der Waals surface area contributed by atoms with Crippen molar-refractivity contribution >= 4 is 18.0 Å². The van der Waals surface area contributed by atoms with E-state index in [0.29, 0.717) is 5.92 Å². The highest BCUT2D eigenvalue weighted by atomic mass is 16.5. The third-order valence-electron chi connectivity index (χ3n) is 6.79. The van der Waals surface area contributed by atoms with Crippen LogP contribution in [0.3, 0.4) is 0 Å². The Morgan fingerprint density at radius 3 is 2.18 bits per heavy atom. The quantitative estimate of drug-likeness (QED) is 0.427. The van der Waals surface area contributed by atoms with Gasteiger partial charge in [-0.1, -0.05) is 48.5 Å². The van der Waals surface area contributed by atoms with E-state index >= 15 is 0 Å². The monoisotopic (exact) mass is 466 g/mol. The van der Waals surface area contributed by atoms with Gasteiger partial charge in [0.1, 0.15) is 6.61 Å². The van der Waals surface area contributed by atoms with Crippen LogP contribution in [0.4, 0.5) is 4.79 Å². The number of hydrogen-bond acceptors (Lipinski definition) is 5. The SMILES string of the molecule is CC(CO)(NC(=O)CC(CNC(=O)OCC1c2ccccc2-c2ccccc21)C1CC1)C(=O)O. The van der Waals surface area contributed by atoms with Gasteiger partial charge >= 0.3 is 12.1 Å². The normalized spacial score (nSPS) is 17.1. The zero-order chi connectivity index (χ0) is 24.3. The number of hydrogen-bond donors (Lipinski definition) is 4. The molecule has 1 fully saturated rings. The van der Waals surface area contributed by atoms with Gasteiger partial charge in [-0.15, -0.1) is 0 Å². The van der Waals surface area contributed by atoms with Crippen molar-refractivity contribution in [3.8, 4) is 11.1 Å². The third-order valence-corrected chi connectivity index (χ3v) is 6.79. The Morgan fingerprint density at radius 2 is 1.65 bits per heavy atom. The number of nitrogens with one attached hydrogen (secondary N) is 2. The Bertz CT molecular complexity index is 1040. The summed E-state index contributed by atoms with van der Waals surface area (Å²) in [7, 11) is 0. The average molecular weight is 467 g/mol. The molecule has 180 valence electrons. The van der Waals surface area contributed by atoms with E-state index in [2.05, 4.69) is 34.9 Å². The molecular formula is C26H30N2O6.